The second-order valence-electron chi connectivity index (χ2n) is 5.35. The summed E-state index contributed by atoms with van der Waals surface area (Å²) >= 11 is 0. The number of ether oxygens (including phenoxy) is 2. The Morgan fingerprint density at radius 3 is 2.50 bits per heavy atom. The van der Waals surface area contributed by atoms with Crippen molar-refractivity contribution in [3.05, 3.63) is 59.7 Å². The van der Waals surface area contributed by atoms with Crippen molar-refractivity contribution in [3.63, 3.8) is 0 Å². The van der Waals surface area contributed by atoms with E-state index in [1.165, 1.54) is 4.90 Å². The number of primary amides is 1. The Morgan fingerprint density at radius 2 is 1.79 bits per heavy atom. The number of nitrogens with two attached hydrogens (primary N) is 1. The van der Waals surface area contributed by atoms with Crippen LogP contribution in [0.1, 0.15) is 24.2 Å². The molecule has 0 spiro atoms. The zero-order chi connectivity index (χ0) is 17.1. The fourth-order valence-electron chi connectivity index (χ4n) is 2.92. The van der Waals surface area contributed by atoms with Gasteiger partial charge in [0.2, 0.25) is 0 Å². The molecule has 24 heavy (non-hydrogen) atoms. The molecule has 0 saturated carbocycles. The third kappa shape index (κ3) is 2.90. The molecular formula is C18H18N2O4. The van der Waals surface area contributed by atoms with Gasteiger partial charge in [0.05, 0.1) is 18.0 Å². The van der Waals surface area contributed by atoms with Gasteiger partial charge in [-0.1, -0.05) is 36.4 Å². The van der Waals surface area contributed by atoms with Crippen molar-refractivity contribution < 1.29 is 19.1 Å². The minimum atomic E-state index is -0.734. The normalized spacial score (nSPS) is 15.7. The van der Waals surface area contributed by atoms with Crippen LogP contribution in [0.4, 0.5) is 21.0 Å². The lowest BCUT2D eigenvalue weighted by Crippen LogP contribution is -2.32. The lowest BCUT2D eigenvalue weighted by molar-refractivity contribution is 0.0261. The number of carbonyl (C=O) groups is 2. The number of anilines is 2. The van der Waals surface area contributed by atoms with E-state index in [0.717, 1.165) is 5.56 Å². The number of rotatable bonds is 2. The predicted molar refractivity (Wildman–Crippen MR) is 89.2 cm³/mol. The van der Waals surface area contributed by atoms with Gasteiger partial charge in [-0.15, -0.1) is 0 Å². The van der Waals surface area contributed by atoms with Crippen LogP contribution in [0, 0.1) is 0 Å². The summed E-state index contributed by atoms with van der Waals surface area (Å²) in [6.07, 6.45) is -0.872. The number of hydrogen-bond donors (Lipinski definition) is 1. The summed E-state index contributed by atoms with van der Waals surface area (Å²) in [5.41, 5.74) is 8.48. The molecule has 2 N–H and O–H groups in total. The summed E-state index contributed by atoms with van der Waals surface area (Å²) in [7, 11) is 0. The molecule has 1 heterocycles. The van der Waals surface area contributed by atoms with Crippen molar-refractivity contribution in [2.45, 2.75) is 19.4 Å². The fraction of sp³-hybridized carbons (Fsp3) is 0.222. The SMILES string of the molecule is CCOC(=O)O[C@H]1Cc2ccccc2N(C(N)=O)c2ccccc21. The van der Waals surface area contributed by atoms with E-state index < -0.39 is 18.3 Å². The van der Waals surface area contributed by atoms with Gasteiger partial charge < -0.3 is 15.2 Å². The van der Waals surface area contributed by atoms with Crippen LogP contribution in [-0.4, -0.2) is 18.8 Å². The molecule has 1 aliphatic heterocycles. The van der Waals surface area contributed by atoms with Gasteiger partial charge in [-0.2, -0.15) is 0 Å². The predicted octanol–water partition coefficient (Wildman–Crippen LogP) is 3.67. The minimum Gasteiger partial charge on any atom is -0.435 e. The molecule has 3 rings (SSSR count). The Kier molecular flexibility index (Phi) is 4.37. The second kappa shape index (κ2) is 6.62. The molecule has 124 valence electrons. The van der Waals surface area contributed by atoms with Crippen molar-refractivity contribution >= 4 is 23.6 Å². The molecule has 2 aromatic carbocycles. The maximum atomic E-state index is 12.1. The van der Waals surface area contributed by atoms with Crippen LogP contribution in [0.25, 0.3) is 0 Å². The van der Waals surface area contributed by atoms with Gasteiger partial charge in [0.1, 0.15) is 6.10 Å². The van der Waals surface area contributed by atoms with Crippen LogP contribution in [0.15, 0.2) is 48.5 Å². The molecule has 0 bridgehead atoms. The number of carbonyl (C=O) groups excluding carboxylic acids is 2. The molecular weight excluding hydrogens is 308 g/mol. The van der Waals surface area contributed by atoms with Gasteiger partial charge in [0.25, 0.3) is 0 Å². The van der Waals surface area contributed by atoms with Gasteiger partial charge >= 0.3 is 12.2 Å². The van der Waals surface area contributed by atoms with Crippen molar-refractivity contribution in [1.29, 1.82) is 0 Å². The van der Waals surface area contributed by atoms with Crippen LogP contribution in [0.5, 0.6) is 0 Å². The highest BCUT2D eigenvalue weighted by atomic mass is 16.7. The maximum absolute atomic E-state index is 12.1. The van der Waals surface area contributed by atoms with Gasteiger partial charge in [-0.3, -0.25) is 4.90 Å². The lowest BCUT2D eigenvalue weighted by Gasteiger charge is -2.23. The molecule has 1 aliphatic rings. The highest BCUT2D eigenvalue weighted by molar-refractivity contribution is 6.00. The number of nitrogens with zero attached hydrogens (tertiary/aromatic N) is 1. The lowest BCUT2D eigenvalue weighted by atomic mass is 10.0. The average molecular weight is 326 g/mol. The summed E-state index contributed by atoms with van der Waals surface area (Å²) in [5, 5.41) is 0. The molecule has 6 heteroatoms. The van der Waals surface area contributed by atoms with Gasteiger partial charge in [0.15, 0.2) is 0 Å². The summed E-state index contributed by atoms with van der Waals surface area (Å²) in [6, 6.07) is 14.1. The fourth-order valence-corrected chi connectivity index (χ4v) is 2.92. The first-order valence-electron chi connectivity index (χ1n) is 7.71. The Morgan fingerprint density at radius 1 is 1.12 bits per heavy atom. The third-order valence-electron chi connectivity index (χ3n) is 3.88. The number of fused-ring (bicyclic) bond motifs is 2. The third-order valence-corrected chi connectivity index (χ3v) is 3.88. The van der Waals surface area contributed by atoms with Crippen molar-refractivity contribution in [2.24, 2.45) is 5.73 Å². The Balaban J connectivity index is 2.12. The van der Waals surface area contributed by atoms with Crippen LogP contribution in [0.3, 0.4) is 0 Å². The van der Waals surface area contributed by atoms with Crippen LogP contribution in [-0.2, 0) is 15.9 Å². The molecule has 0 unspecified atom stereocenters. The van der Waals surface area contributed by atoms with E-state index >= 15 is 0 Å². The smallest absolute Gasteiger partial charge is 0.435 e. The largest absolute Gasteiger partial charge is 0.508 e. The quantitative estimate of drug-likeness (QED) is 0.854. The minimum absolute atomic E-state index is 0.233. The molecule has 0 aliphatic carbocycles. The van der Waals surface area contributed by atoms with Gasteiger partial charge in [0, 0.05) is 12.0 Å². The molecule has 0 saturated heterocycles. The first-order valence-corrected chi connectivity index (χ1v) is 7.71. The summed E-state index contributed by atoms with van der Waals surface area (Å²) < 4.78 is 10.4. The highest BCUT2D eigenvalue weighted by Crippen LogP contribution is 2.41. The van der Waals surface area contributed by atoms with E-state index in [1.807, 2.05) is 42.5 Å². The van der Waals surface area contributed by atoms with E-state index in [0.29, 0.717) is 23.4 Å². The molecule has 0 aromatic heterocycles. The zero-order valence-electron chi connectivity index (χ0n) is 13.3. The summed E-state index contributed by atoms with van der Waals surface area (Å²) in [5.74, 6) is 0. The van der Waals surface area contributed by atoms with Crippen molar-refractivity contribution in [3.8, 4) is 0 Å². The maximum Gasteiger partial charge on any atom is 0.508 e. The van der Waals surface area contributed by atoms with Crippen LogP contribution < -0.4 is 10.6 Å². The summed E-state index contributed by atoms with van der Waals surface area (Å²) in [6.45, 7) is 1.95. The Labute approximate surface area is 139 Å². The number of benzene rings is 2. The van der Waals surface area contributed by atoms with E-state index in [1.54, 1.807) is 13.0 Å². The molecule has 2 amide bonds. The van der Waals surface area contributed by atoms with E-state index in [9.17, 15) is 9.59 Å². The van der Waals surface area contributed by atoms with E-state index in [2.05, 4.69) is 0 Å². The molecule has 2 aromatic rings. The van der Waals surface area contributed by atoms with Crippen LogP contribution >= 0.6 is 0 Å². The van der Waals surface area contributed by atoms with Crippen LogP contribution in [0.2, 0.25) is 0 Å². The molecule has 0 fully saturated rings. The average Bonchev–Trinajstić information content (AvgIpc) is 2.69. The van der Waals surface area contributed by atoms with Gasteiger partial charge in [-0.05, 0) is 24.6 Å². The number of urea groups is 1. The Hall–Kier alpha value is -3.02. The van der Waals surface area contributed by atoms with Gasteiger partial charge in [-0.25, -0.2) is 9.59 Å². The summed E-state index contributed by atoms with van der Waals surface area (Å²) in [4.78, 5) is 25.3. The topological polar surface area (TPSA) is 81.9 Å². The molecule has 6 nitrogen and oxygen atoms in total. The molecule has 1 atom stereocenters. The first kappa shape index (κ1) is 15.9. The standard InChI is InChI=1S/C18H18N2O4/c1-2-23-18(22)24-16-11-12-7-3-5-9-14(12)20(17(19)21)15-10-6-4-8-13(15)16/h3-10,16H,2,11H2,1H3,(H2,19,21)/t16-/m0/s1. The van der Waals surface area contributed by atoms with E-state index in [4.69, 9.17) is 15.2 Å². The number of para-hydroxylation sites is 2. The molecule has 0 radical (unpaired) electrons. The van der Waals surface area contributed by atoms with E-state index in [-0.39, 0.29) is 6.61 Å². The first-order chi connectivity index (χ1) is 11.6. The monoisotopic (exact) mass is 326 g/mol. The highest BCUT2D eigenvalue weighted by Gasteiger charge is 2.31. The van der Waals surface area contributed by atoms with Crippen molar-refractivity contribution in [2.75, 3.05) is 11.5 Å². The second-order valence-corrected chi connectivity index (χ2v) is 5.35. The number of hydrogen-bond acceptors (Lipinski definition) is 4. The number of amides is 2. The van der Waals surface area contributed by atoms with Crippen molar-refractivity contribution in [1.82, 2.24) is 0 Å². The zero-order valence-corrected chi connectivity index (χ0v) is 13.3. The Bertz CT molecular complexity index is 775.